The molecule has 0 radical (unpaired) electrons. The molecule has 0 bridgehead atoms. The first kappa shape index (κ1) is 16.9. The van der Waals surface area contributed by atoms with Gasteiger partial charge in [-0.1, -0.05) is 0 Å². The van der Waals surface area contributed by atoms with Crippen molar-refractivity contribution in [2.24, 2.45) is 0 Å². The molecule has 0 heterocycles. The third-order valence-corrected chi connectivity index (χ3v) is 2.77. The molecule has 0 saturated heterocycles. The van der Waals surface area contributed by atoms with Crippen LogP contribution in [0.3, 0.4) is 0 Å². The first-order chi connectivity index (χ1) is 7.39. The number of hydrogen-bond donors (Lipinski definition) is 0. The summed E-state index contributed by atoms with van der Waals surface area (Å²) in [5.41, 5.74) is 0. The molecule has 1 rings (SSSR count). The summed E-state index contributed by atoms with van der Waals surface area (Å²) in [5, 5.41) is 0. The molecule has 1 aromatic rings. The van der Waals surface area contributed by atoms with Crippen LogP contribution in [-0.2, 0) is 10.1 Å². The van der Waals surface area contributed by atoms with Gasteiger partial charge in [-0.15, -0.1) is 0 Å². The minimum absolute atomic E-state index is 0. The number of rotatable bonds is 5. The van der Waals surface area contributed by atoms with E-state index < -0.39 is 10.1 Å². The standard InChI is InChI=1S/C10H15NO4S.Na/c1-11(2)7-8-15-9-3-5-10(6-4-9)16(12,13)14;/h3-6H,7-8H2,1-2H3,(H,12,13,14);/q;+1/p-1. The van der Waals surface area contributed by atoms with Gasteiger partial charge in [0.25, 0.3) is 0 Å². The number of nitrogens with zero attached hydrogens (tertiary/aromatic N) is 1. The molecule has 0 N–H and O–H groups in total. The van der Waals surface area contributed by atoms with Crippen molar-refractivity contribution in [3.63, 3.8) is 0 Å². The van der Waals surface area contributed by atoms with Gasteiger partial charge in [0.15, 0.2) is 0 Å². The molecule has 0 aliphatic rings. The predicted octanol–water partition coefficient (Wildman–Crippen LogP) is -2.46. The zero-order chi connectivity index (χ0) is 12.2. The number of likely N-dealkylation sites (N-methyl/N-ethyl adjacent to an activating group) is 1. The van der Waals surface area contributed by atoms with E-state index in [9.17, 15) is 13.0 Å². The van der Waals surface area contributed by atoms with E-state index in [-0.39, 0.29) is 34.5 Å². The van der Waals surface area contributed by atoms with Crippen LogP contribution in [0.15, 0.2) is 29.2 Å². The Balaban J connectivity index is 0.00000256. The quantitative estimate of drug-likeness (QED) is 0.437. The SMILES string of the molecule is CN(C)CCOc1ccc(S(=O)(=O)[O-])cc1.[Na+]. The molecular formula is C10H14NNaO4S. The van der Waals surface area contributed by atoms with Gasteiger partial charge in [0.2, 0.25) is 0 Å². The van der Waals surface area contributed by atoms with Crippen molar-refractivity contribution >= 4 is 10.1 Å². The summed E-state index contributed by atoms with van der Waals surface area (Å²) in [6.07, 6.45) is 0. The van der Waals surface area contributed by atoms with E-state index in [2.05, 4.69) is 0 Å². The Hall–Kier alpha value is -0.110. The smallest absolute Gasteiger partial charge is 0.744 e. The van der Waals surface area contributed by atoms with E-state index in [1.807, 2.05) is 19.0 Å². The van der Waals surface area contributed by atoms with Crippen LogP contribution in [0.5, 0.6) is 5.75 Å². The van der Waals surface area contributed by atoms with Crippen LogP contribution in [0.1, 0.15) is 0 Å². The molecule has 0 unspecified atom stereocenters. The number of benzene rings is 1. The molecule has 0 aliphatic carbocycles. The van der Waals surface area contributed by atoms with Crippen LogP contribution in [0.2, 0.25) is 0 Å². The van der Waals surface area contributed by atoms with Gasteiger partial charge in [0.1, 0.15) is 22.5 Å². The van der Waals surface area contributed by atoms with Crippen molar-refractivity contribution in [1.29, 1.82) is 0 Å². The summed E-state index contributed by atoms with van der Waals surface area (Å²) in [6.45, 7) is 1.28. The molecule has 0 fully saturated rings. The molecule has 17 heavy (non-hydrogen) atoms. The van der Waals surface area contributed by atoms with E-state index in [0.717, 1.165) is 6.54 Å². The van der Waals surface area contributed by atoms with Crippen LogP contribution in [-0.4, -0.2) is 45.1 Å². The molecular weight excluding hydrogens is 253 g/mol. The minimum atomic E-state index is -4.37. The molecule has 0 amide bonds. The van der Waals surface area contributed by atoms with Gasteiger partial charge < -0.3 is 14.2 Å². The fraction of sp³-hybridized carbons (Fsp3) is 0.400. The van der Waals surface area contributed by atoms with Crippen molar-refractivity contribution in [3.8, 4) is 5.75 Å². The van der Waals surface area contributed by atoms with Crippen LogP contribution in [0.25, 0.3) is 0 Å². The van der Waals surface area contributed by atoms with Crippen molar-refractivity contribution in [3.05, 3.63) is 24.3 Å². The van der Waals surface area contributed by atoms with Crippen molar-refractivity contribution in [2.75, 3.05) is 27.2 Å². The fourth-order valence-corrected chi connectivity index (χ4v) is 1.52. The first-order valence-corrected chi connectivity index (χ1v) is 6.14. The van der Waals surface area contributed by atoms with Gasteiger partial charge >= 0.3 is 29.6 Å². The van der Waals surface area contributed by atoms with Crippen LogP contribution in [0.4, 0.5) is 0 Å². The maximum atomic E-state index is 10.6. The first-order valence-electron chi connectivity index (χ1n) is 4.73. The third kappa shape index (κ3) is 6.40. The topological polar surface area (TPSA) is 69.7 Å². The molecule has 5 nitrogen and oxygen atoms in total. The molecule has 0 aromatic heterocycles. The third-order valence-electron chi connectivity index (χ3n) is 1.92. The zero-order valence-corrected chi connectivity index (χ0v) is 13.0. The second-order valence-corrected chi connectivity index (χ2v) is 4.96. The largest absolute Gasteiger partial charge is 1.00 e. The van der Waals surface area contributed by atoms with Gasteiger partial charge in [0.05, 0.1) is 4.90 Å². The van der Waals surface area contributed by atoms with E-state index in [0.29, 0.717) is 12.4 Å². The Morgan fingerprint density at radius 2 is 1.76 bits per heavy atom. The van der Waals surface area contributed by atoms with Crippen LogP contribution in [0, 0.1) is 0 Å². The van der Waals surface area contributed by atoms with E-state index >= 15 is 0 Å². The summed E-state index contributed by atoms with van der Waals surface area (Å²) >= 11 is 0. The van der Waals surface area contributed by atoms with Gasteiger partial charge in [0, 0.05) is 6.54 Å². The zero-order valence-electron chi connectivity index (χ0n) is 10.2. The maximum absolute atomic E-state index is 10.6. The summed E-state index contributed by atoms with van der Waals surface area (Å²) < 4.78 is 37.3. The second kappa shape index (κ2) is 7.35. The average Bonchev–Trinajstić information content (AvgIpc) is 2.16. The van der Waals surface area contributed by atoms with Gasteiger partial charge in [-0.2, -0.15) is 0 Å². The summed E-state index contributed by atoms with van der Waals surface area (Å²) in [5.74, 6) is 0.550. The minimum Gasteiger partial charge on any atom is -0.744 e. The Morgan fingerprint density at radius 3 is 2.18 bits per heavy atom. The molecule has 0 aliphatic heterocycles. The van der Waals surface area contributed by atoms with Crippen molar-refractivity contribution < 1.29 is 47.3 Å². The molecule has 0 atom stereocenters. The summed E-state index contributed by atoms with van der Waals surface area (Å²) in [4.78, 5) is 1.73. The Kier molecular flexibility index (Phi) is 7.30. The van der Waals surface area contributed by atoms with E-state index in [4.69, 9.17) is 4.74 Å². The van der Waals surface area contributed by atoms with Gasteiger partial charge in [-0.05, 0) is 38.4 Å². The second-order valence-electron chi connectivity index (χ2n) is 3.58. The normalized spacial score (nSPS) is 11.1. The van der Waals surface area contributed by atoms with Crippen molar-refractivity contribution in [1.82, 2.24) is 4.90 Å². The Labute approximate surface area is 124 Å². The summed E-state index contributed by atoms with van der Waals surface area (Å²) in [6, 6.07) is 5.43. The van der Waals surface area contributed by atoms with Gasteiger partial charge in [-0.3, -0.25) is 0 Å². The van der Waals surface area contributed by atoms with Crippen molar-refractivity contribution in [2.45, 2.75) is 4.90 Å². The Bertz CT molecular complexity index is 430. The molecule has 90 valence electrons. The fourth-order valence-electron chi connectivity index (χ4n) is 1.05. The summed E-state index contributed by atoms with van der Waals surface area (Å²) in [7, 11) is -0.513. The predicted molar refractivity (Wildman–Crippen MR) is 58.5 cm³/mol. The monoisotopic (exact) mass is 267 g/mol. The molecule has 1 aromatic carbocycles. The van der Waals surface area contributed by atoms with Crippen LogP contribution < -0.4 is 34.3 Å². The molecule has 0 spiro atoms. The van der Waals surface area contributed by atoms with E-state index in [1.165, 1.54) is 24.3 Å². The van der Waals surface area contributed by atoms with E-state index in [1.54, 1.807) is 0 Å². The number of hydrogen-bond acceptors (Lipinski definition) is 5. The molecule has 7 heteroatoms. The maximum Gasteiger partial charge on any atom is 1.00 e. The number of ether oxygens (including phenoxy) is 1. The molecule has 0 saturated carbocycles. The van der Waals surface area contributed by atoms with Gasteiger partial charge in [-0.25, -0.2) is 8.42 Å². The Morgan fingerprint density at radius 1 is 1.24 bits per heavy atom. The average molecular weight is 267 g/mol. The van der Waals surface area contributed by atoms with Crippen LogP contribution >= 0.6 is 0 Å².